The molecule has 1 aromatic rings. The number of amidine groups is 1. The fourth-order valence-corrected chi connectivity index (χ4v) is 4.24. The van der Waals surface area contributed by atoms with Crippen molar-refractivity contribution in [2.75, 3.05) is 39.3 Å². The van der Waals surface area contributed by atoms with Gasteiger partial charge in [0.05, 0.1) is 6.61 Å². The summed E-state index contributed by atoms with van der Waals surface area (Å²) in [6, 6.07) is 7.99. The Balaban J connectivity index is 1.66. The predicted molar refractivity (Wildman–Crippen MR) is 102 cm³/mol. The Bertz CT molecular complexity index is 749. The summed E-state index contributed by atoms with van der Waals surface area (Å²) < 4.78 is 6.23. The topological polar surface area (TPSA) is 48.3 Å². The van der Waals surface area contributed by atoms with Gasteiger partial charge in [0.2, 0.25) is 0 Å². The number of para-hydroxylation sites is 2. The smallest absolute Gasteiger partial charge is 0.172 e. The van der Waals surface area contributed by atoms with E-state index in [4.69, 9.17) is 14.8 Å². The summed E-state index contributed by atoms with van der Waals surface area (Å²) in [5, 5.41) is 10.1. The number of hydrogen-bond acceptors (Lipinski definition) is 6. The maximum atomic E-state index is 9.15. The van der Waals surface area contributed by atoms with Gasteiger partial charge in [-0.25, -0.2) is 4.99 Å². The lowest BCUT2D eigenvalue weighted by atomic mass is 10.1. The van der Waals surface area contributed by atoms with E-state index in [0.29, 0.717) is 0 Å². The highest BCUT2D eigenvalue weighted by molar-refractivity contribution is 8.06. The molecule has 0 amide bonds. The molecule has 1 N–H and O–H groups in total. The van der Waals surface area contributed by atoms with E-state index < -0.39 is 0 Å². The summed E-state index contributed by atoms with van der Waals surface area (Å²) in [7, 11) is 0. The molecule has 1 fully saturated rings. The quantitative estimate of drug-likeness (QED) is 0.882. The number of fused-ring (bicyclic) bond motifs is 1. The lowest BCUT2D eigenvalue weighted by molar-refractivity contribution is 0.147. The number of allylic oxidation sites excluding steroid dienone is 2. The van der Waals surface area contributed by atoms with Crippen LogP contribution in [0.5, 0.6) is 5.75 Å². The molecule has 0 aliphatic carbocycles. The van der Waals surface area contributed by atoms with E-state index in [1.165, 1.54) is 10.5 Å². The van der Waals surface area contributed by atoms with Crippen molar-refractivity contribution in [2.45, 2.75) is 13.3 Å². The van der Waals surface area contributed by atoms with Crippen LogP contribution in [0.3, 0.4) is 0 Å². The van der Waals surface area contributed by atoms with Crippen molar-refractivity contribution < 1.29 is 9.84 Å². The molecule has 0 unspecified atom stereocenters. The highest BCUT2D eigenvalue weighted by atomic mass is 32.2. The molecule has 3 aliphatic heterocycles. The van der Waals surface area contributed by atoms with Gasteiger partial charge in [-0.2, -0.15) is 0 Å². The zero-order valence-corrected chi connectivity index (χ0v) is 15.3. The number of hydrogen-bond donors (Lipinski definition) is 1. The lowest BCUT2D eigenvalue weighted by Gasteiger charge is -2.37. The van der Waals surface area contributed by atoms with Gasteiger partial charge in [0.1, 0.15) is 11.5 Å². The van der Waals surface area contributed by atoms with Crippen LogP contribution in [-0.4, -0.2) is 60.1 Å². The van der Waals surface area contributed by atoms with Gasteiger partial charge in [0.25, 0.3) is 0 Å². The Morgan fingerprint density at radius 1 is 1.20 bits per heavy atom. The summed E-state index contributed by atoms with van der Waals surface area (Å²) >= 11 is 1.69. The van der Waals surface area contributed by atoms with Gasteiger partial charge in [-0.3, -0.25) is 4.90 Å². The van der Waals surface area contributed by atoms with Gasteiger partial charge in [-0.1, -0.05) is 30.0 Å². The number of nitrogens with zero attached hydrogens (tertiary/aromatic N) is 3. The van der Waals surface area contributed by atoms with Crippen LogP contribution in [0.25, 0.3) is 0 Å². The van der Waals surface area contributed by atoms with Crippen molar-refractivity contribution >= 4 is 23.3 Å². The highest BCUT2D eigenvalue weighted by Gasteiger charge is 2.29. The predicted octanol–water partition coefficient (Wildman–Crippen LogP) is 2.97. The number of aliphatic hydroxyl groups excluding tert-OH is 1. The molecule has 1 saturated heterocycles. The number of rotatable bonds is 2. The second kappa shape index (κ2) is 7.23. The summed E-state index contributed by atoms with van der Waals surface area (Å²) in [5.74, 6) is 1.87. The summed E-state index contributed by atoms with van der Waals surface area (Å²) in [5.41, 5.74) is 2.07. The SMILES string of the molecule is CC1=CCC2=C(Oc3ccccc3N=C2N2CCN(CCO)CC2)S1. The van der Waals surface area contributed by atoms with Gasteiger partial charge in [-0.05, 0) is 30.4 Å². The zero-order valence-electron chi connectivity index (χ0n) is 14.4. The summed E-state index contributed by atoms with van der Waals surface area (Å²) in [6.45, 7) is 6.84. The molecule has 0 aromatic heterocycles. The molecule has 0 atom stereocenters. The van der Waals surface area contributed by atoms with Crippen LogP contribution in [0.1, 0.15) is 13.3 Å². The monoisotopic (exact) mass is 357 g/mol. The van der Waals surface area contributed by atoms with Crippen LogP contribution in [0.15, 0.2) is 50.9 Å². The molecule has 3 heterocycles. The van der Waals surface area contributed by atoms with Crippen molar-refractivity contribution in [2.24, 2.45) is 4.99 Å². The Labute approximate surface area is 152 Å². The van der Waals surface area contributed by atoms with E-state index in [1.807, 2.05) is 24.3 Å². The molecule has 5 nitrogen and oxygen atoms in total. The van der Waals surface area contributed by atoms with Crippen molar-refractivity contribution in [3.63, 3.8) is 0 Å². The molecule has 132 valence electrons. The van der Waals surface area contributed by atoms with Crippen LogP contribution in [0.2, 0.25) is 0 Å². The molecule has 3 aliphatic rings. The summed E-state index contributed by atoms with van der Waals surface area (Å²) in [4.78, 5) is 10.9. The van der Waals surface area contributed by atoms with Crippen molar-refractivity contribution in [3.8, 4) is 5.75 Å². The van der Waals surface area contributed by atoms with E-state index >= 15 is 0 Å². The number of ether oxygens (including phenoxy) is 1. The second-order valence-electron chi connectivity index (χ2n) is 6.44. The fourth-order valence-electron chi connectivity index (χ4n) is 3.35. The highest BCUT2D eigenvalue weighted by Crippen LogP contribution is 2.42. The molecule has 4 rings (SSSR count). The third-order valence-electron chi connectivity index (χ3n) is 4.75. The van der Waals surface area contributed by atoms with Gasteiger partial charge in [0, 0.05) is 38.3 Å². The minimum Gasteiger partial charge on any atom is -0.447 e. The third-order valence-corrected chi connectivity index (χ3v) is 5.75. The van der Waals surface area contributed by atoms with Crippen LogP contribution in [0, 0.1) is 0 Å². The Morgan fingerprint density at radius 3 is 2.80 bits per heavy atom. The molecule has 0 bridgehead atoms. The fraction of sp³-hybridized carbons (Fsp3) is 0.421. The number of aliphatic imine (C=N–C) groups is 1. The Morgan fingerprint density at radius 2 is 2.00 bits per heavy atom. The lowest BCUT2D eigenvalue weighted by Crippen LogP contribution is -2.49. The Kier molecular flexibility index (Phi) is 4.83. The van der Waals surface area contributed by atoms with Crippen LogP contribution >= 0.6 is 11.8 Å². The standard InChI is InChI=1S/C19H23N3O2S/c1-14-6-7-15-18(22-10-8-21(9-11-22)12-13-23)20-16-4-2-3-5-17(16)24-19(15)25-14/h2-6,23H,7-13H2,1H3. The first-order chi connectivity index (χ1) is 12.2. The normalized spacial score (nSPS) is 21.0. The van der Waals surface area contributed by atoms with Gasteiger partial charge in [-0.15, -0.1) is 0 Å². The van der Waals surface area contributed by atoms with Crippen LogP contribution in [-0.2, 0) is 0 Å². The van der Waals surface area contributed by atoms with E-state index in [1.54, 1.807) is 11.8 Å². The first-order valence-corrected chi connectivity index (χ1v) is 9.58. The van der Waals surface area contributed by atoms with E-state index in [-0.39, 0.29) is 6.61 Å². The van der Waals surface area contributed by atoms with Crippen LogP contribution < -0.4 is 4.74 Å². The van der Waals surface area contributed by atoms with Crippen LogP contribution in [0.4, 0.5) is 5.69 Å². The third kappa shape index (κ3) is 3.47. The first kappa shape index (κ1) is 16.7. The van der Waals surface area contributed by atoms with Crippen molar-refractivity contribution in [3.05, 3.63) is 45.9 Å². The van der Waals surface area contributed by atoms with Gasteiger partial charge in [0.15, 0.2) is 10.8 Å². The first-order valence-electron chi connectivity index (χ1n) is 8.76. The van der Waals surface area contributed by atoms with Crippen molar-refractivity contribution in [1.29, 1.82) is 0 Å². The van der Waals surface area contributed by atoms with Gasteiger partial charge < -0.3 is 14.7 Å². The molecule has 0 radical (unpaired) electrons. The minimum atomic E-state index is 0.220. The molecule has 25 heavy (non-hydrogen) atoms. The molecule has 0 spiro atoms. The average molecular weight is 357 g/mol. The molecular formula is C19H23N3O2S. The number of piperazine rings is 1. The molecule has 0 saturated carbocycles. The summed E-state index contributed by atoms with van der Waals surface area (Å²) in [6.07, 6.45) is 3.11. The maximum Gasteiger partial charge on any atom is 0.172 e. The van der Waals surface area contributed by atoms with Gasteiger partial charge >= 0.3 is 0 Å². The number of aliphatic hydroxyl groups is 1. The minimum absolute atomic E-state index is 0.220. The zero-order chi connectivity index (χ0) is 17.2. The van der Waals surface area contributed by atoms with E-state index in [0.717, 1.165) is 61.5 Å². The molecule has 1 aromatic carbocycles. The van der Waals surface area contributed by atoms with E-state index in [2.05, 4.69) is 22.8 Å². The maximum absolute atomic E-state index is 9.15. The number of thioether (sulfide) groups is 1. The molecule has 6 heteroatoms. The average Bonchev–Trinajstić information content (AvgIpc) is 2.78. The molecular weight excluding hydrogens is 334 g/mol. The van der Waals surface area contributed by atoms with E-state index in [9.17, 15) is 0 Å². The van der Waals surface area contributed by atoms with Crippen molar-refractivity contribution in [1.82, 2.24) is 9.80 Å². The largest absolute Gasteiger partial charge is 0.447 e. The second-order valence-corrected chi connectivity index (χ2v) is 7.66. The Hall–Kier alpha value is -1.76. The number of β-amino-alcohol motifs (C(OH)–C–C–N with tert-alkyl or cyclic N) is 1. The number of benzene rings is 1.